The van der Waals surface area contributed by atoms with Gasteiger partial charge in [0.05, 0.1) is 38.2 Å². The second kappa shape index (κ2) is 8.81. The van der Waals surface area contributed by atoms with Gasteiger partial charge in [0.15, 0.2) is 6.04 Å². The zero-order valence-corrected chi connectivity index (χ0v) is 17.4. The molecule has 2 aromatic rings. The predicted molar refractivity (Wildman–Crippen MR) is 112 cm³/mol. The van der Waals surface area contributed by atoms with E-state index in [-0.39, 0.29) is 16.8 Å². The molecule has 1 aliphatic rings. The summed E-state index contributed by atoms with van der Waals surface area (Å²) in [4.78, 5) is 16.1. The first-order chi connectivity index (χ1) is 13.8. The highest BCUT2D eigenvalue weighted by molar-refractivity contribution is 7.89. The second-order valence-electron chi connectivity index (χ2n) is 7.13. The Hall–Kier alpha value is -2.62. The van der Waals surface area contributed by atoms with E-state index >= 15 is 0 Å². The van der Waals surface area contributed by atoms with Gasteiger partial charge >= 0.3 is 0 Å². The monoisotopic (exact) mass is 419 g/mol. The number of hydrogen-bond donors (Lipinski definition) is 3. The van der Waals surface area contributed by atoms with Crippen molar-refractivity contribution in [1.82, 2.24) is 0 Å². The standard InChI is InChI=1S/C20H26N4O4S/c1-15(20(25)22-16-4-3-5-19(14-16)29(21,26)27)23-10-12-24(13-11-23)17-6-8-18(28-2)9-7-17/h3-9,14-15H,10-13H2,1-2H3,(H,22,25)(H2,21,26,27)/p+1/t15-/m1/s1. The molecule has 3 rings (SSSR count). The number of nitrogens with zero attached hydrogens (tertiary/aromatic N) is 1. The molecule has 1 fully saturated rings. The minimum absolute atomic E-state index is 0.0246. The molecular formula is C20H27N4O4S+. The number of nitrogens with two attached hydrogens (primary N) is 1. The van der Waals surface area contributed by atoms with Crippen LogP contribution in [0.1, 0.15) is 6.92 Å². The number of carbonyl (C=O) groups is 1. The zero-order valence-electron chi connectivity index (χ0n) is 16.6. The molecule has 1 atom stereocenters. The number of piperazine rings is 1. The van der Waals surface area contributed by atoms with Crippen LogP contribution in [-0.4, -0.2) is 53.7 Å². The van der Waals surface area contributed by atoms with Crippen molar-refractivity contribution in [3.8, 4) is 5.75 Å². The number of rotatable bonds is 6. The Morgan fingerprint density at radius 1 is 1.17 bits per heavy atom. The van der Waals surface area contributed by atoms with Crippen LogP contribution in [0.25, 0.3) is 0 Å². The first-order valence-electron chi connectivity index (χ1n) is 9.45. The summed E-state index contributed by atoms with van der Waals surface area (Å²) >= 11 is 0. The summed E-state index contributed by atoms with van der Waals surface area (Å²) in [6.45, 7) is 5.24. The van der Waals surface area contributed by atoms with Gasteiger partial charge in [-0.3, -0.25) is 4.79 Å². The van der Waals surface area contributed by atoms with Gasteiger partial charge in [0.2, 0.25) is 10.0 Å². The van der Waals surface area contributed by atoms with Crippen molar-refractivity contribution in [2.24, 2.45) is 5.14 Å². The quantitative estimate of drug-likeness (QED) is 0.615. The molecule has 0 spiro atoms. The average molecular weight is 420 g/mol. The third-order valence-corrected chi connectivity index (χ3v) is 6.19. The zero-order chi connectivity index (χ0) is 21.0. The van der Waals surface area contributed by atoms with Crippen LogP contribution < -0.4 is 25.0 Å². The number of ether oxygens (including phenoxy) is 1. The van der Waals surface area contributed by atoms with Gasteiger partial charge in [0, 0.05) is 11.4 Å². The van der Waals surface area contributed by atoms with Gasteiger partial charge in [0.1, 0.15) is 5.75 Å². The average Bonchev–Trinajstić information content (AvgIpc) is 2.73. The van der Waals surface area contributed by atoms with Crippen LogP contribution in [0.3, 0.4) is 0 Å². The number of methoxy groups -OCH3 is 1. The van der Waals surface area contributed by atoms with E-state index in [0.29, 0.717) is 5.69 Å². The van der Waals surface area contributed by atoms with E-state index in [2.05, 4.69) is 10.2 Å². The van der Waals surface area contributed by atoms with Crippen molar-refractivity contribution in [2.45, 2.75) is 17.9 Å². The molecule has 0 bridgehead atoms. The van der Waals surface area contributed by atoms with Crippen LogP contribution in [0.15, 0.2) is 53.4 Å². The molecule has 1 saturated heterocycles. The Morgan fingerprint density at radius 2 is 1.83 bits per heavy atom. The number of benzene rings is 2. The molecule has 1 amide bonds. The van der Waals surface area contributed by atoms with E-state index in [9.17, 15) is 13.2 Å². The van der Waals surface area contributed by atoms with E-state index < -0.39 is 10.0 Å². The summed E-state index contributed by atoms with van der Waals surface area (Å²) in [5, 5.41) is 7.95. The number of amides is 1. The van der Waals surface area contributed by atoms with Crippen molar-refractivity contribution < 1.29 is 22.8 Å². The number of primary sulfonamides is 1. The van der Waals surface area contributed by atoms with Gasteiger partial charge in [-0.05, 0) is 49.4 Å². The predicted octanol–water partition coefficient (Wildman–Crippen LogP) is 0.0747. The van der Waals surface area contributed by atoms with Gasteiger partial charge in [-0.15, -0.1) is 0 Å². The fourth-order valence-electron chi connectivity index (χ4n) is 3.46. The summed E-state index contributed by atoms with van der Waals surface area (Å²) in [5.74, 6) is 0.680. The molecule has 1 heterocycles. The Kier molecular flexibility index (Phi) is 6.41. The minimum atomic E-state index is -3.81. The number of quaternary nitrogens is 1. The van der Waals surface area contributed by atoms with E-state index in [1.807, 2.05) is 31.2 Å². The van der Waals surface area contributed by atoms with Crippen LogP contribution in [0.4, 0.5) is 11.4 Å². The van der Waals surface area contributed by atoms with Crippen LogP contribution in [0.2, 0.25) is 0 Å². The lowest BCUT2D eigenvalue weighted by Crippen LogP contribution is -3.19. The van der Waals surface area contributed by atoms with Crippen molar-refractivity contribution >= 4 is 27.3 Å². The SMILES string of the molecule is COc1ccc(N2CC[NH+]([C@H](C)C(=O)Nc3cccc(S(N)(=O)=O)c3)CC2)cc1. The Morgan fingerprint density at radius 3 is 2.41 bits per heavy atom. The van der Waals surface area contributed by atoms with Crippen LogP contribution in [-0.2, 0) is 14.8 Å². The summed E-state index contributed by atoms with van der Waals surface area (Å²) in [5.41, 5.74) is 1.56. The molecule has 2 aromatic carbocycles. The van der Waals surface area contributed by atoms with Crippen molar-refractivity contribution in [3.63, 3.8) is 0 Å². The number of hydrogen-bond acceptors (Lipinski definition) is 5. The maximum Gasteiger partial charge on any atom is 0.282 e. The number of carbonyl (C=O) groups excluding carboxylic acids is 1. The molecular weight excluding hydrogens is 392 g/mol. The summed E-state index contributed by atoms with van der Waals surface area (Å²) in [6.07, 6.45) is 0. The molecule has 29 heavy (non-hydrogen) atoms. The summed E-state index contributed by atoms with van der Waals surface area (Å²) in [7, 11) is -2.16. The van der Waals surface area contributed by atoms with Gasteiger partial charge in [-0.25, -0.2) is 13.6 Å². The molecule has 0 aromatic heterocycles. The molecule has 8 nitrogen and oxygen atoms in total. The highest BCUT2D eigenvalue weighted by Gasteiger charge is 2.29. The maximum atomic E-state index is 12.7. The lowest BCUT2D eigenvalue weighted by Gasteiger charge is -2.36. The van der Waals surface area contributed by atoms with Gasteiger partial charge in [-0.2, -0.15) is 0 Å². The lowest BCUT2D eigenvalue weighted by atomic mass is 10.2. The van der Waals surface area contributed by atoms with Crippen molar-refractivity contribution in [1.29, 1.82) is 0 Å². The van der Waals surface area contributed by atoms with E-state index in [1.54, 1.807) is 19.2 Å². The normalized spacial score (nSPS) is 16.3. The third-order valence-electron chi connectivity index (χ3n) is 5.28. The fourth-order valence-corrected chi connectivity index (χ4v) is 4.02. The van der Waals surface area contributed by atoms with Gasteiger partial charge in [0.25, 0.3) is 5.91 Å². The molecule has 9 heteroatoms. The topological polar surface area (TPSA) is 106 Å². The first-order valence-corrected chi connectivity index (χ1v) is 11.0. The van der Waals surface area contributed by atoms with E-state index in [4.69, 9.17) is 9.88 Å². The Bertz CT molecular complexity index is 955. The molecule has 0 unspecified atom stereocenters. The van der Waals surface area contributed by atoms with Crippen LogP contribution in [0.5, 0.6) is 5.75 Å². The smallest absolute Gasteiger partial charge is 0.282 e. The van der Waals surface area contributed by atoms with Crippen molar-refractivity contribution in [3.05, 3.63) is 48.5 Å². The molecule has 1 aliphatic heterocycles. The fraction of sp³-hybridized carbons (Fsp3) is 0.350. The lowest BCUT2D eigenvalue weighted by molar-refractivity contribution is -0.914. The summed E-state index contributed by atoms with van der Waals surface area (Å²) in [6, 6.07) is 13.7. The highest BCUT2D eigenvalue weighted by Crippen LogP contribution is 2.19. The number of anilines is 2. The highest BCUT2D eigenvalue weighted by atomic mass is 32.2. The van der Waals surface area contributed by atoms with Gasteiger partial charge < -0.3 is 19.9 Å². The third kappa shape index (κ3) is 5.26. The largest absolute Gasteiger partial charge is 0.497 e. The minimum Gasteiger partial charge on any atom is -0.497 e. The molecule has 156 valence electrons. The van der Waals surface area contributed by atoms with Crippen molar-refractivity contribution in [2.75, 3.05) is 43.5 Å². The Balaban J connectivity index is 1.57. The van der Waals surface area contributed by atoms with Gasteiger partial charge in [-0.1, -0.05) is 6.07 Å². The molecule has 4 N–H and O–H groups in total. The first kappa shape index (κ1) is 21.1. The number of sulfonamides is 1. The number of nitrogens with one attached hydrogen (secondary N) is 2. The molecule has 0 aliphatic carbocycles. The molecule has 0 saturated carbocycles. The second-order valence-corrected chi connectivity index (χ2v) is 8.69. The van der Waals surface area contributed by atoms with E-state index in [0.717, 1.165) is 37.6 Å². The maximum absolute atomic E-state index is 12.7. The van der Waals surface area contributed by atoms with E-state index in [1.165, 1.54) is 17.0 Å². The Labute approximate surface area is 171 Å². The van der Waals surface area contributed by atoms with Crippen LogP contribution >= 0.6 is 0 Å². The van der Waals surface area contributed by atoms with Crippen LogP contribution in [0, 0.1) is 0 Å². The summed E-state index contributed by atoms with van der Waals surface area (Å²) < 4.78 is 28.2. The molecule has 0 radical (unpaired) electrons.